The van der Waals surface area contributed by atoms with Crippen molar-refractivity contribution < 1.29 is 4.79 Å². The average molecular weight is 242 g/mol. The molecule has 2 N–H and O–H groups in total. The van der Waals surface area contributed by atoms with Crippen molar-refractivity contribution in [3.8, 4) is 0 Å². The highest BCUT2D eigenvalue weighted by Crippen LogP contribution is 2.06. The van der Waals surface area contributed by atoms with E-state index in [1.165, 1.54) is 0 Å². The second kappa shape index (κ2) is 6.93. The van der Waals surface area contributed by atoms with Gasteiger partial charge in [-0.3, -0.25) is 9.69 Å². The number of piperazine rings is 1. The number of amides is 1. The highest BCUT2D eigenvalue weighted by molar-refractivity contribution is 5.75. The molecule has 1 aliphatic rings. The van der Waals surface area contributed by atoms with Crippen molar-refractivity contribution in [3.05, 3.63) is 0 Å². The van der Waals surface area contributed by atoms with Crippen molar-refractivity contribution in [2.75, 3.05) is 53.4 Å². The standard InChI is InChI=1S/C12H26N4O/c1-11(10-13)16-8-6-15(7-9-16)5-4-12(17)14(2)3/h11H,4-10,13H2,1-3H3. The lowest BCUT2D eigenvalue weighted by molar-refractivity contribution is -0.129. The number of nitrogens with two attached hydrogens (primary N) is 1. The van der Waals surface area contributed by atoms with Crippen LogP contribution in [0.2, 0.25) is 0 Å². The zero-order valence-corrected chi connectivity index (χ0v) is 11.4. The van der Waals surface area contributed by atoms with Gasteiger partial charge in [0.2, 0.25) is 5.91 Å². The molecule has 1 heterocycles. The Morgan fingerprint density at radius 1 is 1.29 bits per heavy atom. The monoisotopic (exact) mass is 242 g/mol. The van der Waals surface area contributed by atoms with E-state index in [1.807, 2.05) is 14.1 Å². The van der Waals surface area contributed by atoms with Crippen LogP contribution >= 0.6 is 0 Å². The first-order valence-corrected chi connectivity index (χ1v) is 6.41. The third-order valence-corrected chi connectivity index (χ3v) is 3.51. The molecule has 0 aromatic carbocycles. The minimum atomic E-state index is 0.211. The van der Waals surface area contributed by atoms with Gasteiger partial charge in [-0.2, -0.15) is 0 Å². The molecule has 1 unspecified atom stereocenters. The summed E-state index contributed by atoms with van der Waals surface area (Å²) in [4.78, 5) is 17.9. The minimum Gasteiger partial charge on any atom is -0.349 e. The lowest BCUT2D eigenvalue weighted by Gasteiger charge is -2.37. The fraction of sp³-hybridized carbons (Fsp3) is 0.917. The predicted molar refractivity (Wildman–Crippen MR) is 69.8 cm³/mol. The van der Waals surface area contributed by atoms with Gasteiger partial charge < -0.3 is 15.5 Å². The van der Waals surface area contributed by atoms with Crippen LogP contribution in [0.4, 0.5) is 0 Å². The normalized spacial score (nSPS) is 20.2. The molecule has 5 nitrogen and oxygen atoms in total. The summed E-state index contributed by atoms with van der Waals surface area (Å²) in [5.41, 5.74) is 5.66. The Morgan fingerprint density at radius 2 is 1.88 bits per heavy atom. The SMILES string of the molecule is CC(CN)N1CCN(CCC(=O)N(C)C)CC1. The Balaban J connectivity index is 2.21. The molecule has 0 aromatic heterocycles. The Labute approximate surface area is 105 Å². The first-order chi connectivity index (χ1) is 8.04. The summed E-state index contributed by atoms with van der Waals surface area (Å²) in [5.74, 6) is 0.211. The van der Waals surface area contributed by atoms with Crippen LogP contribution in [0.3, 0.4) is 0 Å². The molecule has 0 radical (unpaired) electrons. The van der Waals surface area contributed by atoms with E-state index in [4.69, 9.17) is 5.73 Å². The van der Waals surface area contributed by atoms with Crippen LogP contribution in [0.25, 0.3) is 0 Å². The maximum Gasteiger partial charge on any atom is 0.223 e. The molecule has 5 heteroatoms. The van der Waals surface area contributed by atoms with Crippen LogP contribution in [-0.2, 0) is 4.79 Å². The Morgan fingerprint density at radius 3 is 2.35 bits per heavy atom. The fourth-order valence-corrected chi connectivity index (χ4v) is 2.05. The van der Waals surface area contributed by atoms with Crippen molar-refractivity contribution in [2.45, 2.75) is 19.4 Å². The molecule has 1 rings (SSSR count). The summed E-state index contributed by atoms with van der Waals surface area (Å²) in [7, 11) is 3.62. The Hall–Kier alpha value is -0.650. The molecular weight excluding hydrogens is 216 g/mol. The van der Waals surface area contributed by atoms with E-state index in [0.717, 1.165) is 39.3 Å². The zero-order chi connectivity index (χ0) is 12.8. The molecule has 1 saturated heterocycles. The Bertz CT molecular complexity index is 237. The van der Waals surface area contributed by atoms with Gasteiger partial charge in [0.15, 0.2) is 0 Å². The van der Waals surface area contributed by atoms with Crippen molar-refractivity contribution >= 4 is 5.91 Å². The first kappa shape index (κ1) is 14.4. The molecule has 17 heavy (non-hydrogen) atoms. The molecule has 1 aliphatic heterocycles. The van der Waals surface area contributed by atoms with Crippen molar-refractivity contribution in [1.29, 1.82) is 0 Å². The molecule has 0 spiro atoms. The number of carbonyl (C=O) groups excluding carboxylic acids is 1. The molecule has 100 valence electrons. The van der Waals surface area contributed by atoms with Crippen LogP contribution in [-0.4, -0.2) is 80.0 Å². The molecule has 0 bridgehead atoms. The van der Waals surface area contributed by atoms with Gasteiger partial charge in [0.05, 0.1) is 0 Å². The number of hydrogen-bond donors (Lipinski definition) is 1. The van der Waals surface area contributed by atoms with Gasteiger partial charge >= 0.3 is 0 Å². The number of nitrogens with zero attached hydrogens (tertiary/aromatic N) is 3. The molecular formula is C12H26N4O. The minimum absolute atomic E-state index is 0.211. The van der Waals surface area contributed by atoms with E-state index in [1.54, 1.807) is 4.90 Å². The van der Waals surface area contributed by atoms with Gasteiger partial charge in [-0.25, -0.2) is 0 Å². The van der Waals surface area contributed by atoms with E-state index < -0.39 is 0 Å². The summed E-state index contributed by atoms with van der Waals surface area (Å²) in [6.07, 6.45) is 0.624. The molecule has 1 atom stereocenters. The number of carbonyl (C=O) groups is 1. The lowest BCUT2D eigenvalue weighted by Crippen LogP contribution is -2.51. The van der Waals surface area contributed by atoms with Crippen molar-refractivity contribution in [1.82, 2.24) is 14.7 Å². The molecule has 0 aliphatic carbocycles. The molecule has 0 aromatic rings. The fourth-order valence-electron chi connectivity index (χ4n) is 2.05. The summed E-state index contributed by atoms with van der Waals surface area (Å²) >= 11 is 0. The highest BCUT2D eigenvalue weighted by atomic mass is 16.2. The third kappa shape index (κ3) is 4.61. The van der Waals surface area contributed by atoms with Crippen LogP contribution in [0, 0.1) is 0 Å². The second-order valence-corrected chi connectivity index (χ2v) is 5.00. The molecule has 1 amide bonds. The molecule has 0 saturated carbocycles. The number of hydrogen-bond acceptors (Lipinski definition) is 4. The average Bonchev–Trinajstić information content (AvgIpc) is 2.35. The predicted octanol–water partition coefficient (Wildman–Crippen LogP) is -0.570. The topological polar surface area (TPSA) is 52.8 Å². The second-order valence-electron chi connectivity index (χ2n) is 5.00. The quantitative estimate of drug-likeness (QED) is 0.701. The first-order valence-electron chi connectivity index (χ1n) is 6.41. The maximum absolute atomic E-state index is 11.5. The summed E-state index contributed by atoms with van der Waals surface area (Å²) in [6.45, 7) is 7.99. The largest absolute Gasteiger partial charge is 0.349 e. The van der Waals surface area contributed by atoms with Gasteiger partial charge in [0.25, 0.3) is 0 Å². The van der Waals surface area contributed by atoms with E-state index in [0.29, 0.717) is 12.5 Å². The van der Waals surface area contributed by atoms with Crippen LogP contribution < -0.4 is 5.73 Å². The van der Waals surface area contributed by atoms with Gasteiger partial charge in [-0.05, 0) is 6.92 Å². The van der Waals surface area contributed by atoms with Crippen LogP contribution in [0.5, 0.6) is 0 Å². The van der Waals surface area contributed by atoms with Crippen molar-refractivity contribution in [3.63, 3.8) is 0 Å². The van der Waals surface area contributed by atoms with Gasteiger partial charge in [0, 0.05) is 65.8 Å². The maximum atomic E-state index is 11.5. The van der Waals surface area contributed by atoms with Crippen LogP contribution in [0.1, 0.15) is 13.3 Å². The van der Waals surface area contributed by atoms with E-state index in [9.17, 15) is 4.79 Å². The smallest absolute Gasteiger partial charge is 0.223 e. The zero-order valence-electron chi connectivity index (χ0n) is 11.4. The van der Waals surface area contributed by atoms with Crippen LogP contribution in [0.15, 0.2) is 0 Å². The summed E-state index contributed by atoms with van der Waals surface area (Å²) in [6, 6.07) is 0.473. The summed E-state index contributed by atoms with van der Waals surface area (Å²) in [5, 5.41) is 0. The lowest BCUT2D eigenvalue weighted by atomic mass is 10.2. The number of rotatable bonds is 5. The van der Waals surface area contributed by atoms with Gasteiger partial charge in [-0.15, -0.1) is 0 Å². The summed E-state index contributed by atoms with van der Waals surface area (Å²) < 4.78 is 0. The van der Waals surface area contributed by atoms with Gasteiger partial charge in [0.1, 0.15) is 0 Å². The van der Waals surface area contributed by atoms with E-state index in [2.05, 4.69) is 16.7 Å². The molecule has 1 fully saturated rings. The van der Waals surface area contributed by atoms with Crippen molar-refractivity contribution in [2.24, 2.45) is 5.73 Å². The Kier molecular flexibility index (Phi) is 5.88. The van der Waals surface area contributed by atoms with E-state index in [-0.39, 0.29) is 5.91 Å². The highest BCUT2D eigenvalue weighted by Gasteiger charge is 2.20. The van der Waals surface area contributed by atoms with E-state index >= 15 is 0 Å². The van der Waals surface area contributed by atoms with Gasteiger partial charge in [-0.1, -0.05) is 0 Å². The third-order valence-electron chi connectivity index (χ3n) is 3.51.